The molecule has 0 bridgehead atoms. The number of hydrogen-bond donors (Lipinski definition) is 1. The van der Waals surface area contributed by atoms with Gasteiger partial charge in [0.05, 0.1) is 6.10 Å². The van der Waals surface area contributed by atoms with Gasteiger partial charge < -0.3 is 5.11 Å². The van der Waals surface area contributed by atoms with E-state index in [1.807, 2.05) is 0 Å². The summed E-state index contributed by atoms with van der Waals surface area (Å²) in [5.74, 6) is 0.770. The van der Waals surface area contributed by atoms with Crippen molar-refractivity contribution in [1.29, 1.82) is 0 Å². The first-order chi connectivity index (χ1) is 7.31. The van der Waals surface area contributed by atoms with E-state index >= 15 is 0 Å². The Morgan fingerprint density at radius 2 is 2.20 bits per heavy atom. The Balaban J connectivity index is 1.97. The van der Waals surface area contributed by atoms with Crippen LogP contribution in [0.4, 0.5) is 0 Å². The number of aliphatic hydroxyl groups is 1. The molecule has 2 rings (SSSR count). The summed E-state index contributed by atoms with van der Waals surface area (Å²) in [7, 11) is 0. The van der Waals surface area contributed by atoms with E-state index in [9.17, 15) is 5.11 Å². The summed E-state index contributed by atoms with van der Waals surface area (Å²) in [5, 5.41) is 12.3. The summed E-state index contributed by atoms with van der Waals surface area (Å²) in [6, 6.07) is 2.15. The van der Waals surface area contributed by atoms with E-state index in [4.69, 9.17) is 0 Å². The standard InChI is InChI=1S/C13H20OS/c1-2-11-7-8-15-13(11)12(14)9-10-5-3-4-6-10/h7-8,10,12,14H,2-6,9H2,1H3. The Morgan fingerprint density at radius 3 is 2.87 bits per heavy atom. The lowest BCUT2D eigenvalue weighted by Crippen LogP contribution is -2.04. The van der Waals surface area contributed by atoms with Crippen LogP contribution in [-0.4, -0.2) is 5.11 Å². The molecule has 0 aromatic carbocycles. The molecule has 0 spiro atoms. The second-order valence-corrected chi connectivity index (χ2v) is 5.51. The van der Waals surface area contributed by atoms with Gasteiger partial charge in [0.2, 0.25) is 0 Å². The minimum absolute atomic E-state index is 0.206. The summed E-state index contributed by atoms with van der Waals surface area (Å²) in [6.07, 6.45) is 7.19. The van der Waals surface area contributed by atoms with Gasteiger partial charge in [0.25, 0.3) is 0 Å². The van der Waals surface area contributed by atoms with Gasteiger partial charge in [-0.25, -0.2) is 0 Å². The normalized spacial score (nSPS) is 19.6. The Morgan fingerprint density at radius 1 is 1.47 bits per heavy atom. The fourth-order valence-electron chi connectivity index (χ4n) is 2.60. The average Bonchev–Trinajstić information content (AvgIpc) is 2.86. The smallest absolute Gasteiger partial charge is 0.0887 e. The number of aryl methyl sites for hydroxylation is 1. The molecule has 1 aliphatic carbocycles. The summed E-state index contributed by atoms with van der Waals surface area (Å²) < 4.78 is 0. The second kappa shape index (κ2) is 5.13. The molecule has 2 heteroatoms. The minimum atomic E-state index is -0.206. The van der Waals surface area contributed by atoms with Crippen LogP contribution >= 0.6 is 11.3 Å². The van der Waals surface area contributed by atoms with Crippen LogP contribution in [0.2, 0.25) is 0 Å². The molecule has 1 atom stereocenters. The highest BCUT2D eigenvalue weighted by atomic mass is 32.1. The van der Waals surface area contributed by atoms with Gasteiger partial charge in [-0.05, 0) is 35.8 Å². The summed E-state index contributed by atoms with van der Waals surface area (Å²) in [5.41, 5.74) is 1.34. The number of rotatable bonds is 4. The molecule has 1 aromatic heterocycles. The van der Waals surface area contributed by atoms with Crippen molar-refractivity contribution in [2.75, 3.05) is 0 Å². The molecule has 1 N–H and O–H groups in total. The lowest BCUT2D eigenvalue weighted by atomic mass is 9.97. The molecular formula is C13H20OS. The molecule has 1 nitrogen and oxygen atoms in total. The molecule has 1 saturated carbocycles. The minimum Gasteiger partial charge on any atom is -0.388 e. The molecule has 0 saturated heterocycles. The number of aliphatic hydroxyl groups excluding tert-OH is 1. The zero-order valence-electron chi connectivity index (χ0n) is 9.41. The Labute approximate surface area is 96.1 Å². The predicted octanol–water partition coefficient (Wildman–Crippen LogP) is 3.92. The molecule has 1 fully saturated rings. The molecule has 84 valence electrons. The summed E-state index contributed by atoms with van der Waals surface area (Å²) in [6.45, 7) is 2.16. The topological polar surface area (TPSA) is 20.2 Å². The highest BCUT2D eigenvalue weighted by molar-refractivity contribution is 7.10. The first-order valence-electron chi connectivity index (χ1n) is 6.05. The Bertz CT molecular complexity index is 299. The van der Waals surface area contributed by atoms with Gasteiger partial charge >= 0.3 is 0 Å². The fourth-order valence-corrected chi connectivity index (χ4v) is 3.60. The first-order valence-corrected chi connectivity index (χ1v) is 6.93. The SMILES string of the molecule is CCc1ccsc1C(O)CC1CCCC1. The van der Waals surface area contributed by atoms with Gasteiger partial charge in [0, 0.05) is 4.88 Å². The Kier molecular flexibility index (Phi) is 3.81. The molecule has 1 unspecified atom stereocenters. The fraction of sp³-hybridized carbons (Fsp3) is 0.692. The van der Waals surface area contributed by atoms with Crippen LogP contribution in [0.1, 0.15) is 55.6 Å². The zero-order valence-corrected chi connectivity index (χ0v) is 10.2. The van der Waals surface area contributed by atoms with Crippen molar-refractivity contribution >= 4 is 11.3 Å². The van der Waals surface area contributed by atoms with Gasteiger partial charge in [-0.1, -0.05) is 32.6 Å². The molecule has 0 radical (unpaired) electrons. The highest BCUT2D eigenvalue weighted by Crippen LogP contribution is 2.35. The second-order valence-electron chi connectivity index (χ2n) is 4.57. The maximum absolute atomic E-state index is 10.2. The number of hydrogen-bond acceptors (Lipinski definition) is 2. The summed E-state index contributed by atoms with van der Waals surface area (Å²) in [4.78, 5) is 1.21. The van der Waals surface area contributed by atoms with Crippen LogP contribution in [-0.2, 0) is 6.42 Å². The van der Waals surface area contributed by atoms with Gasteiger partial charge in [-0.2, -0.15) is 0 Å². The lowest BCUT2D eigenvalue weighted by Gasteiger charge is -2.15. The maximum atomic E-state index is 10.2. The number of thiophene rings is 1. The van der Waals surface area contributed by atoms with Crippen LogP contribution in [0.15, 0.2) is 11.4 Å². The molecule has 0 amide bonds. The van der Waals surface area contributed by atoms with E-state index in [0.29, 0.717) is 0 Å². The van der Waals surface area contributed by atoms with Gasteiger partial charge in [-0.3, -0.25) is 0 Å². The largest absolute Gasteiger partial charge is 0.388 e. The molecule has 1 aromatic rings. The van der Waals surface area contributed by atoms with E-state index in [2.05, 4.69) is 18.4 Å². The van der Waals surface area contributed by atoms with Crippen LogP contribution in [0.3, 0.4) is 0 Å². The predicted molar refractivity (Wildman–Crippen MR) is 65.2 cm³/mol. The Hall–Kier alpha value is -0.340. The van der Waals surface area contributed by atoms with E-state index < -0.39 is 0 Å². The van der Waals surface area contributed by atoms with E-state index in [1.165, 1.54) is 36.1 Å². The van der Waals surface area contributed by atoms with Crippen molar-refractivity contribution in [2.24, 2.45) is 5.92 Å². The molecule has 1 heterocycles. The van der Waals surface area contributed by atoms with Crippen LogP contribution < -0.4 is 0 Å². The van der Waals surface area contributed by atoms with Gasteiger partial charge in [0.15, 0.2) is 0 Å². The zero-order chi connectivity index (χ0) is 10.7. The average molecular weight is 224 g/mol. The van der Waals surface area contributed by atoms with Gasteiger partial charge in [-0.15, -0.1) is 11.3 Å². The maximum Gasteiger partial charge on any atom is 0.0887 e. The van der Waals surface area contributed by atoms with E-state index in [-0.39, 0.29) is 6.10 Å². The third-order valence-electron chi connectivity index (χ3n) is 3.50. The third kappa shape index (κ3) is 2.61. The summed E-state index contributed by atoms with van der Waals surface area (Å²) >= 11 is 1.72. The molecule has 0 aliphatic heterocycles. The molecular weight excluding hydrogens is 204 g/mol. The van der Waals surface area contributed by atoms with Crippen LogP contribution in [0.5, 0.6) is 0 Å². The molecule has 1 aliphatic rings. The highest BCUT2D eigenvalue weighted by Gasteiger charge is 2.21. The lowest BCUT2D eigenvalue weighted by molar-refractivity contribution is 0.147. The van der Waals surface area contributed by atoms with Crippen molar-refractivity contribution in [3.05, 3.63) is 21.9 Å². The quantitative estimate of drug-likeness (QED) is 0.821. The van der Waals surface area contributed by atoms with E-state index in [0.717, 1.165) is 18.8 Å². The van der Waals surface area contributed by atoms with Gasteiger partial charge in [0.1, 0.15) is 0 Å². The van der Waals surface area contributed by atoms with Crippen molar-refractivity contribution in [1.82, 2.24) is 0 Å². The van der Waals surface area contributed by atoms with Crippen LogP contribution in [0, 0.1) is 5.92 Å². The van der Waals surface area contributed by atoms with Crippen molar-refractivity contribution in [2.45, 2.75) is 51.6 Å². The third-order valence-corrected chi connectivity index (χ3v) is 4.56. The van der Waals surface area contributed by atoms with Crippen molar-refractivity contribution in [3.63, 3.8) is 0 Å². The molecule has 15 heavy (non-hydrogen) atoms. The first kappa shape index (κ1) is 11.2. The van der Waals surface area contributed by atoms with E-state index in [1.54, 1.807) is 11.3 Å². The van der Waals surface area contributed by atoms with Crippen molar-refractivity contribution < 1.29 is 5.11 Å². The monoisotopic (exact) mass is 224 g/mol. The van der Waals surface area contributed by atoms with Crippen LogP contribution in [0.25, 0.3) is 0 Å². The van der Waals surface area contributed by atoms with Crippen molar-refractivity contribution in [3.8, 4) is 0 Å².